The second-order valence-corrected chi connectivity index (χ2v) is 6.53. The van der Waals surface area contributed by atoms with Gasteiger partial charge in [-0.25, -0.2) is 0 Å². The third-order valence-corrected chi connectivity index (χ3v) is 4.44. The average Bonchev–Trinajstić information content (AvgIpc) is 2.77. The van der Waals surface area contributed by atoms with Gasteiger partial charge in [0, 0.05) is 12.6 Å². The monoisotopic (exact) mass is 415 g/mol. The Labute approximate surface area is 177 Å². The number of aryl methyl sites for hydroxylation is 1. The summed E-state index contributed by atoms with van der Waals surface area (Å²) in [6.45, 7) is 2.39. The Morgan fingerprint density at radius 3 is 2.23 bits per heavy atom. The zero-order valence-corrected chi connectivity index (χ0v) is 17.8. The molecule has 2 N–H and O–H groups in total. The first kappa shape index (κ1) is 23.3. The fraction of sp³-hybridized carbons (Fsp3) is 0.348. The predicted molar refractivity (Wildman–Crippen MR) is 115 cm³/mol. The molecule has 0 aliphatic carbocycles. The Bertz CT molecular complexity index is 822. The molecule has 0 radical (unpaired) electrons. The highest BCUT2D eigenvalue weighted by molar-refractivity contribution is 5.91. The highest BCUT2D eigenvalue weighted by atomic mass is 16.5. The van der Waals surface area contributed by atoms with Gasteiger partial charge in [0.1, 0.15) is 0 Å². The molecule has 0 spiro atoms. The van der Waals surface area contributed by atoms with Gasteiger partial charge in [-0.2, -0.15) is 0 Å². The van der Waals surface area contributed by atoms with Gasteiger partial charge in [-0.3, -0.25) is 4.79 Å². The number of hydrogen-bond acceptors (Lipinski definition) is 6. The van der Waals surface area contributed by atoms with Crippen molar-refractivity contribution >= 4 is 12.0 Å². The molecule has 2 aromatic rings. The fourth-order valence-electron chi connectivity index (χ4n) is 2.87. The summed E-state index contributed by atoms with van der Waals surface area (Å²) in [5.74, 6) is 1.24. The number of nitrogens with one attached hydrogen (secondary N) is 1. The standard InChI is InChI=1S/C23H29NO6/c1-16-5-8-18(9-6-16)21(30-12-11-25)15-24-22(26)10-7-17-13-19(27-2)23(29-4)20(14-17)28-3/h5-10,13-14,21,25H,11-12,15H2,1-4H3,(H,24,26)/b10-7+. The number of carbonyl (C=O) groups excluding carboxylic acids is 1. The molecule has 7 nitrogen and oxygen atoms in total. The number of methoxy groups -OCH3 is 3. The van der Waals surface area contributed by atoms with Gasteiger partial charge >= 0.3 is 0 Å². The SMILES string of the molecule is COc1cc(/C=C/C(=O)NCC(OCCO)c2ccc(C)cc2)cc(OC)c1OC. The molecule has 0 saturated heterocycles. The molecule has 30 heavy (non-hydrogen) atoms. The second kappa shape index (κ2) is 11.8. The molecule has 0 heterocycles. The minimum Gasteiger partial charge on any atom is -0.493 e. The molecule has 1 amide bonds. The third kappa shape index (κ3) is 6.50. The second-order valence-electron chi connectivity index (χ2n) is 6.53. The lowest BCUT2D eigenvalue weighted by molar-refractivity contribution is -0.117. The van der Waals surface area contributed by atoms with Crippen molar-refractivity contribution in [2.24, 2.45) is 0 Å². The number of hydrogen-bond donors (Lipinski definition) is 2. The summed E-state index contributed by atoms with van der Waals surface area (Å²) in [5.41, 5.74) is 2.80. The van der Waals surface area contributed by atoms with Gasteiger partial charge in [-0.1, -0.05) is 29.8 Å². The number of ether oxygens (including phenoxy) is 4. The van der Waals surface area contributed by atoms with E-state index in [1.54, 1.807) is 18.2 Å². The number of aliphatic hydroxyl groups is 1. The van der Waals surface area contributed by atoms with E-state index in [2.05, 4.69) is 5.32 Å². The third-order valence-electron chi connectivity index (χ3n) is 4.44. The first-order chi connectivity index (χ1) is 14.5. The Morgan fingerprint density at radius 1 is 1.07 bits per heavy atom. The van der Waals surface area contributed by atoms with Crippen LogP contribution >= 0.6 is 0 Å². The maximum atomic E-state index is 12.3. The topological polar surface area (TPSA) is 86.3 Å². The van der Waals surface area contributed by atoms with E-state index in [0.29, 0.717) is 17.2 Å². The van der Waals surface area contributed by atoms with Crippen LogP contribution in [0.5, 0.6) is 17.2 Å². The van der Waals surface area contributed by atoms with Crippen LogP contribution < -0.4 is 19.5 Å². The van der Waals surface area contributed by atoms with Crippen molar-refractivity contribution < 1.29 is 28.8 Å². The van der Waals surface area contributed by atoms with Crippen LogP contribution in [0.25, 0.3) is 6.08 Å². The van der Waals surface area contributed by atoms with Gasteiger partial charge in [0.05, 0.1) is 40.6 Å². The van der Waals surface area contributed by atoms with E-state index in [4.69, 9.17) is 24.1 Å². The van der Waals surface area contributed by atoms with Gasteiger partial charge in [0.2, 0.25) is 11.7 Å². The van der Waals surface area contributed by atoms with Gasteiger partial charge < -0.3 is 29.4 Å². The molecule has 1 unspecified atom stereocenters. The molecule has 2 rings (SSSR count). The van der Waals surface area contributed by atoms with Crippen LogP contribution in [0.1, 0.15) is 22.8 Å². The first-order valence-corrected chi connectivity index (χ1v) is 9.57. The van der Waals surface area contributed by atoms with Crippen LogP contribution in [0.2, 0.25) is 0 Å². The van der Waals surface area contributed by atoms with E-state index < -0.39 is 0 Å². The highest BCUT2D eigenvalue weighted by Crippen LogP contribution is 2.38. The van der Waals surface area contributed by atoms with Crippen molar-refractivity contribution in [3.8, 4) is 17.2 Å². The normalized spacial score (nSPS) is 11.9. The van der Waals surface area contributed by atoms with E-state index in [0.717, 1.165) is 16.7 Å². The molecule has 1 atom stereocenters. The molecule has 0 aliphatic heterocycles. The summed E-state index contributed by atoms with van der Waals surface area (Å²) in [6.07, 6.45) is 2.74. The fourth-order valence-corrected chi connectivity index (χ4v) is 2.87. The molecule has 0 fully saturated rings. The van der Waals surface area contributed by atoms with Crippen LogP contribution in [-0.2, 0) is 9.53 Å². The molecule has 2 aromatic carbocycles. The average molecular weight is 415 g/mol. The van der Waals surface area contributed by atoms with Crippen molar-refractivity contribution in [1.82, 2.24) is 5.32 Å². The Balaban J connectivity index is 2.06. The minimum atomic E-state index is -0.351. The molecule has 0 saturated carbocycles. The Kier molecular flexibility index (Phi) is 9.18. The Hall–Kier alpha value is -3.03. The van der Waals surface area contributed by atoms with E-state index >= 15 is 0 Å². The molecule has 162 valence electrons. The van der Waals surface area contributed by atoms with Crippen LogP contribution in [0.3, 0.4) is 0 Å². The summed E-state index contributed by atoms with van der Waals surface area (Å²) in [7, 11) is 4.61. The van der Waals surface area contributed by atoms with Gasteiger partial charge in [0.25, 0.3) is 0 Å². The van der Waals surface area contributed by atoms with E-state index in [-0.39, 0.29) is 31.8 Å². The first-order valence-electron chi connectivity index (χ1n) is 9.57. The molecular formula is C23H29NO6. The van der Waals surface area contributed by atoms with E-state index in [1.165, 1.54) is 27.4 Å². The summed E-state index contributed by atoms with van der Waals surface area (Å²) in [5, 5.41) is 11.9. The molecule has 7 heteroatoms. The van der Waals surface area contributed by atoms with Crippen molar-refractivity contribution in [3.63, 3.8) is 0 Å². The summed E-state index contributed by atoms with van der Waals surface area (Å²) >= 11 is 0. The lowest BCUT2D eigenvalue weighted by Crippen LogP contribution is -2.28. The summed E-state index contributed by atoms with van der Waals surface area (Å²) < 4.78 is 21.6. The maximum absolute atomic E-state index is 12.3. The zero-order chi connectivity index (χ0) is 21.9. The summed E-state index contributed by atoms with van der Waals surface area (Å²) in [6, 6.07) is 11.4. The highest BCUT2D eigenvalue weighted by Gasteiger charge is 2.14. The number of carbonyl (C=O) groups is 1. The van der Waals surface area contributed by atoms with E-state index in [9.17, 15) is 4.79 Å². The lowest BCUT2D eigenvalue weighted by Gasteiger charge is -2.18. The van der Waals surface area contributed by atoms with Crippen LogP contribution in [0, 0.1) is 6.92 Å². The molecule has 0 bridgehead atoms. The van der Waals surface area contributed by atoms with Crippen LogP contribution in [0.15, 0.2) is 42.5 Å². The molecule has 0 aliphatic rings. The van der Waals surface area contributed by atoms with Gasteiger partial charge in [-0.05, 0) is 36.3 Å². The summed E-state index contributed by atoms with van der Waals surface area (Å²) in [4.78, 5) is 12.3. The van der Waals surface area contributed by atoms with Crippen molar-refractivity contribution in [3.05, 3.63) is 59.2 Å². The van der Waals surface area contributed by atoms with E-state index in [1.807, 2.05) is 31.2 Å². The van der Waals surface area contributed by atoms with Crippen molar-refractivity contribution in [2.45, 2.75) is 13.0 Å². The smallest absolute Gasteiger partial charge is 0.244 e. The van der Waals surface area contributed by atoms with Crippen molar-refractivity contribution in [2.75, 3.05) is 41.1 Å². The Morgan fingerprint density at radius 2 is 1.70 bits per heavy atom. The van der Waals surface area contributed by atoms with Crippen molar-refractivity contribution in [1.29, 1.82) is 0 Å². The number of aliphatic hydroxyl groups excluding tert-OH is 1. The molecular weight excluding hydrogens is 386 g/mol. The zero-order valence-electron chi connectivity index (χ0n) is 17.8. The number of amides is 1. The van der Waals surface area contributed by atoms with Gasteiger partial charge in [-0.15, -0.1) is 0 Å². The van der Waals surface area contributed by atoms with Gasteiger partial charge in [0.15, 0.2) is 11.5 Å². The quantitative estimate of drug-likeness (QED) is 0.549. The minimum absolute atomic E-state index is 0.0860. The number of benzene rings is 2. The maximum Gasteiger partial charge on any atom is 0.244 e. The molecule has 0 aromatic heterocycles. The number of rotatable bonds is 11. The van der Waals surface area contributed by atoms with Crippen LogP contribution in [-0.4, -0.2) is 52.1 Å². The lowest BCUT2D eigenvalue weighted by atomic mass is 10.1. The predicted octanol–water partition coefficient (Wildman–Crippen LogP) is 2.90. The largest absolute Gasteiger partial charge is 0.493 e. The van der Waals surface area contributed by atoms with Crippen LogP contribution in [0.4, 0.5) is 0 Å².